The van der Waals surface area contributed by atoms with Crippen molar-refractivity contribution >= 4 is 29.7 Å². The van der Waals surface area contributed by atoms with E-state index in [1.165, 1.54) is 36.4 Å². The van der Waals surface area contributed by atoms with Crippen LogP contribution in [0.5, 0.6) is 0 Å². The van der Waals surface area contributed by atoms with E-state index in [0.717, 1.165) is 0 Å². The SMILES string of the molecule is O=C1CCCCC([C@@]2(O)O[C@H](COC(=O)c3ccccc3)[C@H](OC(=O)c3ccccc3)[C@H](OC(=O)c3ccccc3)[C@H]2OC(=O)c2ccccc2)C1. The zero-order chi connectivity index (χ0) is 36.5. The molecule has 1 aliphatic carbocycles. The largest absolute Gasteiger partial charge is 0.459 e. The lowest BCUT2D eigenvalue weighted by Gasteiger charge is -2.51. The van der Waals surface area contributed by atoms with E-state index in [-0.39, 0.29) is 47.3 Å². The molecule has 0 bridgehead atoms. The molecule has 0 amide bonds. The molecule has 2 aliphatic rings. The summed E-state index contributed by atoms with van der Waals surface area (Å²) in [4.78, 5) is 67.4. The molecule has 52 heavy (non-hydrogen) atoms. The van der Waals surface area contributed by atoms with Crippen molar-refractivity contribution in [3.8, 4) is 0 Å². The number of Topliss-reactive ketones (excluding diaryl/α,β-unsaturated/α-hetero) is 1. The number of benzene rings is 4. The number of carbonyl (C=O) groups is 5. The van der Waals surface area contributed by atoms with Crippen molar-refractivity contribution in [1.29, 1.82) is 0 Å². The van der Waals surface area contributed by atoms with E-state index in [4.69, 9.17) is 23.7 Å². The van der Waals surface area contributed by atoms with Crippen LogP contribution in [0, 0.1) is 5.92 Å². The second kappa shape index (κ2) is 16.6. The monoisotopic (exact) mass is 706 g/mol. The van der Waals surface area contributed by atoms with Gasteiger partial charge in [-0.05, 0) is 61.4 Å². The van der Waals surface area contributed by atoms with Gasteiger partial charge in [0.05, 0.1) is 22.3 Å². The van der Waals surface area contributed by atoms with Gasteiger partial charge in [0.25, 0.3) is 0 Å². The molecule has 0 aromatic heterocycles. The Hall–Kier alpha value is -5.65. The topological polar surface area (TPSA) is 152 Å². The third-order valence-electron chi connectivity index (χ3n) is 9.19. The first-order valence-electron chi connectivity index (χ1n) is 17.1. The summed E-state index contributed by atoms with van der Waals surface area (Å²) in [6, 6.07) is 32.1. The molecule has 2 fully saturated rings. The summed E-state index contributed by atoms with van der Waals surface area (Å²) in [7, 11) is 0. The second-order valence-corrected chi connectivity index (χ2v) is 12.7. The fourth-order valence-corrected chi connectivity index (χ4v) is 6.53. The fraction of sp³-hybridized carbons (Fsp3) is 0.293. The lowest BCUT2D eigenvalue weighted by molar-refractivity contribution is -0.365. The van der Waals surface area contributed by atoms with E-state index in [0.29, 0.717) is 12.8 Å². The first kappa shape index (κ1) is 36.2. The van der Waals surface area contributed by atoms with Crippen LogP contribution in [0.2, 0.25) is 0 Å². The first-order chi connectivity index (χ1) is 25.2. The van der Waals surface area contributed by atoms with Crippen LogP contribution in [0.4, 0.5) is 0 Å². The summed E-state index contributed by atoms with van der Waals surface area (Å²) < 4.78 is 30.2. The van der Waals surface area contributed by atoms with Crippen molar-refractivity contribution in [1.82, 2.24) is 0 Å². The van der Waals surface area contributed by atoms with Crippen molar-refractivity contribution in [2.24, 2.45) is 5.92 Å². The number of hydrogen-bond donors (Lipinski definition) is 1. The smallest absolute Gasteiger partial charge is 0.338 e. The summed E-state index contributed by atoms with van der Waals surface area (Å²) in [6.07, 6.45) is -5.07. The first-order valence-corrected chi connectivity index (χ1v) is 17.1. The third kappa shape index (κ3) is 8.44. The van der Waals surface area contributed by atoms with E-state index in [1.807, 2.05) is 0 Å². The number of aliphatic hydroxyl groups is 1. The van der Waals surface area contributed by atoms with Gasteiger partial charge in [-0.3, -0.25) is 4.79 Å². The molecule has 268 valence electrons. The highest BCUT2D eigenvalue weighted by atomic mass is 16.7. The van der Waals surface area contributed by atoms with Crippen LogP contribution < -0.4 is 0 Å². The Bertz CT molecular complexity index is 1850. The van der Waals surface area contributed by atoms with Crippen LogP contribution >= 0.6 is 0 Å². The van der Waals surface area contributed by atoms with Crippen LogP contribution in [0.15, 0.2) is 121 Å². The number of ether oxygens (including phenoxy) is 5. The van der Waals surface area contributed by atoms with Gasteiger partial charge in [-0.15, -0.1) is 0 Å². The Morgan fingerprint density at radius 3 is 1.56 bits per heavy atom. The molecule has 11 nitrogen and oxygen atoms in total. The van der Waals surface area contributed by atoms with Gasteiger partial charge in [-0.2, -0.15) is 0 Å². The fourth-order valence-electron chi connectivity index (χ4n) is 6.53. The number of ketones is 1. The highest BCUT2D eigenvalue weighted by Crippen LogP contribution is 2.43. The van der Waals surface area contributed by atoms with Crippen LogP contribution in [-0.2, 0) is 28.5 Å². The van der Waals surface area contributed by atoms with Gasteiger partial charge in [0, 0.05) is 18.8 Å². The molecule has 4 aromatic carbocycles. The summed E-state index contributed by atoms with van der Waals surface area (Å²) in [5.41, 5.74) is 0.605. The van der Waals surface area contributed by atoms with Crippen LogP contribution in [0.25, 0.3) is 0 Å². The molecule has 1 saturated heterocycles. The molecule has 1 unspecified atom stereocenters. The zero-order valence-electron chi connectivity index (χ0n) is 28.2. The van der Waals surface area contributed by atoms with Gasteiger partial charge in [-0.25, -0.2) is 19.2 Å². The summed E-state index contributed by atoms with van der Waals surface area (Å²) in [5.74, 6) is -6.93. The van der Waals surface area contributed by atoms with Gasteiger partial charge < -0.3 is 28.8 Å². The molecular formula is C41H38O11. The average molecular weight is 707 g/mol. The average Bonchev–Trinajstić information content (AvgIpc) is 3.42. The Balaban J connectivity index is 1.46. The zero-order valence-corrected chi connectivity index (χ0v) is 28.2. The van der Waals surface area contributed by atoms with Gasteiger partial charge in [0.1, 0.15) is 18.5 Å². The quantitative estimate of drug-likeness (QED) is 0.122. The minimum atomic E-state index is -2.48. The lowest BCUT2D eigenvalue weighted by atomic mass is 9.80. The molecule has 1 N–H and O–H groups in total. The summed E-state index contributed by atoms with van der Waals surface area (Å²) >= 11 is 0. The molecule has 0 radical (unpaired) electrons. The van der Waals surface area contributed by atoms with E-state index in [1.54, 1.807) is 84.9 Å². The Kier molecular flexibility index (Phi) is 11.5. The highest BCUT2D eigenvalue weighted by Gasteiger charge is 2.63. The molecule has 1 saturated carbocycles. The van der Waals surface area contributed by atoms with Crippen molar-refractivity contribution in [2.45, 2.75) is 62.3 Å². The molecular weight excluding hydrogens is 668 g/mol. The Morgan fingerprint density at radius 2 is 1.06 bits per heavy atom. The van der Waals surface area contributed by atoms with Gasteiger partial charge in [0.2, 0.25) is 5.79 Å². The molecule has 11 heteroatoms. The lowest BCUT2D eigenvalue weighted by Crippen LogP contribution is -2.70. The number of carbonyl (C=O) groups excluding carboxylic acids is 5. The Morgan fingerprint density at radius 1 is 0.615 bits per heavy atom. The minimum absolute atomic E-state index is 0.117. The highest BCUT2D eigenvalue weighted by molar-refractivity contribution is 5.91. The standard InChI is InChI=1S/C41H38O11/c42-32-24-14-13-23-31(25-32)41(47)36(51-40(46)30-21-11-4-12-22-30)35(50-39(45)29-19-9-3-10-20-29)34(49-38(44)28-17-7-2-8-18-28)33(52-41)26-48-37(43)27-15-5-1-6-16-27/h1-12,15-22,31,33-36,47H,13-14,23-26H2/t31?,33-,34+,35+,36-,41-/m1/s1. The molecule has 1 heterocycles. The van der Waals surface area contributed by atoms with Crippen LogP contribution in [0.1, 0.15) is 73.5 Å². The van der Waals surface area contributed by atoms with Crippen molar-refractivity contribution in [2.75, 3.05) is 6.61 Å². The number of rotatable bonds is 10. The summed E-state index contributed by atoms with van der Waals surface area (Å²) in [5, 5.41) is 12.7. The van der Waals surface area contributed by atoms with E-state index in [9.17, 15) is 29.1 Å². The third-order valence-corrected chi connectivity index (χ3v) is 9.19. The number of esters is 4. The maximum Gasteiger partial charge on any atom is 0.338 e. The second-order valence-electron chi connectivity index (χ2n) is 12.7. The van der Waals surface area contributed by atoms with Gasteiger partial charge in [-0.1, -0.05) is 79.2 Å². The van der Waals surface area contributed by atoms with Crippen LogP contribution in [0.3, 0.4) is 0 Å². The van der Waals surface area contributed by atoms with E-state index < -0.39 is 66.6 Å². The maximum atomic E-state index is 13.8. The predicted octanol–water partition coefficient (Wildman–Crippen LogP) is 5.76. The predicted molar refractivity (Wildman–Crippen MR) is 185 cm³/mol. The maximum absolute atomic E-state index is 13.8. The molecule has 6 atom stereocenters. The van der Waals surface area contributed by atoms with Crippen molar-refractivity contribution in [3.05, 3.63) is 144 Å². The normalized spacial score (nSPS) is 24.5. The molecule has 1 aliphatic heterocycles. The molecule has 0 spiro atoms. The van der Waals surface area contributed by atoms with E-state index >= 15 is 0 Å². The Labute approximate surface area is 300 Å². The van der Waals surface area contributed by atoms with Gasteiger partial charge in [0.15, 0.2) is 18.3 Å². The van der Waals surface area contributed by atoms with Crippen LogP contribution in [-0.4, -0.2) is 71.6 Å². The van der Waals surface area contributed by atoms with Gasteiger partial charge >= 0.3 is 23.9 Å². The molecule has 6 rings (SSSR count). The number of hydrogen-bond acceptors (Lipinski definition) is 11. The summed E-state index contributed by atoms with van der Waals surface area (Å²) in [6.45, 7) is -0.581. The molecule has 4 aromatic rings. The minimum Gasteiger partial charge on any atom is -0.459 e. The van der Waals surface area contributed by atoms with Crippen molar-refractivity contribution in [3.63, 3.8) is 0 Å². The van der Waals surface area contributed by atoms with Crippen molar-refractivity contribution < 1.29 is 52.8 Å². The van der Waals surface area contributed by atoms with E-state index in [2.05, 4.69) is 0 Å².